The molecule has 1 heterocycles. The second-order valence-electron chi connectivity index (χ2n) is 3.94. The number of anilines is 2. The molecule has 16 heavy (non-hydrogen) atoms. The van der Waals surface area contributed by atoms with Crippen LogP contribution in [0.3, 0.4) is 0 Å². The first-order chi connectivity index (χ1) is 7.43. The molecule has 1 aromatic heterocycles. The maximum atomic E-state index is 11.3. The Morgan fingerprint density at radius 1 is 1.56 bits per heavy atom. The molecule has 1 rings (SSSR count). The zero-order chi connectivity index (χ0) is 12.3. The Morgan fingerprint density at radius 3 is 2.62 bits per heavy atom. The lowest BCUT2D eigenvalue weighted by Gasteiger charge is -2.11. The third-order valence-electron chi connectivity index (χ3n) is 2.40. The molecule has 0 saturated carbocycles. The van der Waals surface area contributed by atoms with Crippen molar-refractivity contribution in [3.63, 3.8) is 0 Å². The number of nitrogen functional groups attached to an aromatic ring is 1. The molecule has 6 nitrogen and oxygen atoms in total. The van der Waals surface area contributed by atoms with E-state index in [-0.39, 0.29) is 5.91 Å². The molecule has 0 fully saturated rings. The summed E-state index contributed by atoms with van der Waals surface area (Å²) in [6.45, 7) is 2.41. The zero-order valence-corrected chi connectivity index (χ0v) is 10.2. The van der Waals surface area contributed by atoms with Crippen LogP contribution in [0.25, 0.3) is 0 Å². The summed E-state index contributed by atoms with van der Waals surface area (Å²) < 4.78 is 1.69. The summed E-state index contributed by atoms with van der Waals surface area (Å²) in [6, 6.07) is 0. The van der Waals surface area contributed by atoms with E-state index in [1.807, 2.05) is 14.0 Å². The third kappa shape index (κ3) is 2.65. The summed E-state index contributed by atoms with van der Waals surface area (Å²) in [5.74, 6) is 0.856. The van der Waals surface area contributed by atoms with Gasteiger partial charge in [0.05, 0.1) is 11.4 Å². The van der Waals surface area contributed by atoms with Gasteiger partial charge in [-0.25, -0.2) is 0 Å². The fourth-order valence-corrected chi connectivity index (χ4v) is 1.40. The van der Waals surface area contributed by atoms with E-state index in [0.717, 1.165) is 11.5 Å². The van der Waals surface area contributed by atoms with E-state index in [2.05, 4.69) is 10.4 Å². The predicted octanol–water partition coefficient (Wildman–Crippen LogP) is 0.201. The number of hydrogen-bond acceptors (Lipinski definition) is 4. The maximum Gasteiger partial charge on any atom is 0.223 e. The first kappa shape index (κ1) is 12.4. The van der Waals surface area contributed by atoms with E-state index in [9.17, 15) is 4.79 Å². The summed E-state index contributed by atoms with van der Waals surface area (Å²) in [7, 11) is 5.30. The van der Waals surface area contributed by atoms with Gasteiger partial charge in [-0.2, -0.15) is 5.10 Å². The highest BCUT2D eigenvalue weighted by atomic mass is 16.2. The van der Waals surface area contributed by atoms with Crippen LogP contribution in [-0.2, 0) is 11.8 Å². The molecule has 1 amide bonds. The van der Waals surface area contributed by atoms with Gasteiger partial charge in [-0.3, -0.25) is 9.48 Å². The number of nitrogens with zero attached hydrogens (tertiary/aromatic N) is 3. The van der Waals surface area contributed by atoms with E-state index in [0.29, 0.717) is 18.7 Å². The Morgan fingerprint density at radius 2 is 2.19 bits per heavy atom. The van der Waals surface area contributed by atoms with Gasteiger partial charge in [0.15, 0.2) is 0 Å². The predicted molar refractivity (Wildman–Crippen MR) is 64.2 cm³/mol. The average molecular weight is 225 g/mol. The summed E-state index contributed by atoms with van der Waals surface area (Å²) in [5.41, 5.74) is 7.27. The Balaban J connectivity index is 2.52. The fraction of sp³-hybridized carbons (Fsp3) is 0.600. The molecule has 0 aliphatic rings. The van der Waals surface area contributed by atoms with Crippen molar-refractivity contribution in [1.29, 1.82) is 0 Å². The standard InChI is InChI=1S/C10H19N5O/c1-7-9(11)10(15(4)13-7)12-6-5-8(16)14(2)3/h12H,5-6,11H2,1-4H3. The van der Waals surface area contributed by atoms with Crippen LogP contribution in [-0.4, -0.2) is 41.2 Å². The Labute approximate surface area is 95.4 Å². The molecule has 6 heteroatoms. The van der Waals surface area contributed by atoms with Crippen molar-refractivity contribution in [1.82, 2.24) is 14.7 Å². The van der Waals surface area contributed by atoms with Crippen LogP contribution in [0.4, 0.5) is 11.5 Å². The molecule has 3 N–H and O–H groups in total. The van der Waals surface area contributed by atoms with Crippen LogP contribution in [0, 0.1) is 6.92 Å². The smallest absolute Gasteiger partial charge is 0.223 e. The largest absolute Gasteiger partial charge is 0.394 e. The molecule has 0 radical (unpaired) electrons. The quantitative estimate of drug-likeness (QED) is 0.767. The second-order valence-corrected chi connectivity index (χ2v) is 3.94. The molecule has 0 saturated heterocycles. The number of nitrogens with one attached hydrogen (secondary N) is 1. The highest BCUT2D eigenvalue weighted by Gasteiger charge is 2.10. The van der Waals surface area contributed by atoms with Gasteiger partial charge < -0.3 is 16.0 Å². The highest BCUT2D eigenvalue weighted by molar-refractivity contribution is 5.76. The minimum atomic E-state index is 0.0879. The molecule has 0 aliphatic heterocycles. The van der Waals surface area contributed by atoms with Crippen LogP contribution in [0.5, 0.6) is 0 Å². The first-order valence-electron chi connectivity index (χ1n) is 5.16. The number of rotatable bonds is 4. The van der Waals surface area contributed by atoms with Gasteiger partial charge >= 0.3 is 0 Å². The number of nitrogens with two attached hydrogens (primary N) is 1. The second kappa shape index (κ2) is 4.87. The number of aromatic nitrogens is 2. The summed E-state index contributed by atoms with van der Waals surface area (Å²) in [6.07, 6.45) is 0.441. The molecule has 1 aromatic rings. The van der Waals surface area contributed by atoms with E-state index >= 15 is 0 Å². The molecule has 0 unspecified atom stereocenters. The van der Waals surface area contributed by atoms with Gasteiger partial charge in [0.1, 0.15) is 5.82 Å². The highest BCUT2D eigenvalue weighted by Crippen LogP contribution is 2.20. The summed E-state index contributed by atoms with van der Waals surface area (Å²) >= 11 is 0. The molecule has 90 valence electrons. The SMILES string of the molecule is Cc1nn(C)c(NCCC(=O)N(C)C)c1N. The Bertz CT molecular complexity index is 383. The van der Waals surface area contributed by atoms with Gasteiger partial charge in [0.2, 0.25) is 5.91 Å². The lowest BCUT2D eigenvalue weighted by Crippen LogP contribution is -2.24. The minimum Gasteiger partial charge on any atom is -0.394 e. The number of aryl methyl sites for hydroxylation is 2. The molecular formula is C10H19N5O. The van der Waals surface area contributed by atoms with Crippen molar-refractivity contribution in [2.24, 2.45) is 7.05 Å². The number of amides is 1. The number of carbonyl (C=O) groups is 1. The van der Waals surface area contributed by atoms with Crippen molar-refractivity contribution in [3.05, 3.63) is 5.69 Å². The van der Waals surface area contributed by atoms with Crippen LogP contribution >= 0.6 is 0 Å². The Hall–Kier alpha value is -1.72. The van der Waals surface area contributed by atoms with Crippen LogP contribution in [0.1, 0.15) is 12.1 Å². The normalized spacial score (nSPS) is 10.2. The van der Waals surface area contributed by atoms with Crippen molar-refractivity contribution in [2.45, 2.75) is 13.3 Å². The zero-order valence-electron chi connectivity index (χ0n) is 10.2. The first-order valence-corrected chi connectivity index (χ1v) is 5.16. The molecule has 0 bridgehead atoms. The van der Waals surface area contributed by atoms with Gasteiger partial charge in [-0.15, -0.1) is 0 Å². The average Bonchev–Trinajstić information content (AvgIpc) is 2.44. The van der Waals surface area contributed by atoms with E-state index < -0.39 is 0 Å². The molecule has 0 spiro atoms. The minimum absolute atomic E-state index is 0.0879. The maximum absolute atomic E-state index is 11.3. The lowest BCUT2D eigenvalue weighted by molar-refractivity contribution is -0.128. The summed E-state index contributed by atoms with van der Waals surface area (Å²) in [5, 5.41) is 7.29. The van der Waals surface area contributed by atoms with Crippen LogP contribution < -0.4 is 11.1 Å². The Kier molecular flexibility index (Phi) is 3.76. The van der Waals surface area contributed by atoms with E-state index in [1.165, 1.54) is 0 Å². The third-order valence-corrected chi connectivity index (χ3v) is 2.40. The van der Waals surface area contributed by atoms with Crippen molar-refractivity contribution < 1.29 is 4.79 Å². The van der Waals surface area contributed by atoms with Gasteiger partial charge in [0.25, 0.3) is 0 Å². The molecule has 0 atom stereocenters. The van der Waals surface area contributed by atoms with Crippen molar-refractivity contribution >= 4 is 17.4 Å². The van der Waals surface area contributed by atoms with Gasteiger partial charge in [-0.1, -0.05) is 0 Å². The molecular weight excluding hydrogens is 206 g/mol. The van der Waals surface area contributed by atoms with E-state index in [1.54, 1.807) is 23.7 Å². The number of carbonyl (C=O) groups excluding carboxylic acids is 1. The topological polar surface area (TPSA) is 76.2 Å². The van der Waals surface area contributed by atoms with E-state index in [4.69, 9.17) is 5.73 Å². The lowest BCUT2D eigenvalue weighted by atomic mass is 10.3. The van der Waals surface area contributed by atoms with Crippen molar-refractivity contribution in [3.8, 4) is 0 Å². The van der Waals surface area contributed by atoms with Gasteiger partial charge in [-0.05, 0) is 6.92 Å². The fourth-order valence-electron chi connectivity index (χ4n) is 1.40. The monoisotopic (exact) mass is 225 g/mol. The summed E-state index contributed by atoms with van der Waals surface area (Å²) in [4.78, 5) is 12.9. The van der Waals surface area contributed by atoms with Crippen LogP contribution in [0.2, 0.25) is 0 Å². The molecule has 0 aliphatic carbocycles. The van der Waals surface area contributed by atoms with Crippen LogP contribution in [0.15, 0.2) is 0 Å². The van der Waals surface area contributed by atoms with Crippen molar-refractivity contribution in [2.75, 3.05) is 31.7 Å². The molecule has 0 aromatic carbocycles. The van der Waals surface area contributed by atoms with Gasteiger partial charge in [0, 0.05) is 34.1 Å². The number of hydrogen-bond donors (Lipinski definition) is 2.